The number of benzene rings is 2. The fourth-order valence-electron chi connectivity index (χ4n) is 2.51. The van der Waals surface area contributed by atoms with Gasteiger partial charge in [-0.15, -0.1) is 0 Å². The fourth-order valence-corrected chi connectivity index (χ4v) is 2.51. The Morgan fingerprint density at radius 1 is 1.04 bits per heavy atom. The normalized spacial score (nSPS) is 14.8. The second-order valence-corrected chi connectivity index (χ2v) is 5.50. The smallest absolute Gasteiger partial charge is 0.187 e. The molecule has 1 saturated heterocycles. The van der Waals surface area contributed by atoms with Crippen LogP contribution < -0.4 is 10.2 Å². The van der Waals surface area contributed by atoms with Crippen molar-refractivity contribution < 1.29 is 13.9 Å². The average molecular weight is 326 g/mol. The molecule has 0 spiro atoms. The summed E-state index contributed by atoms with van der Waals surface area (Å²) in [7, 11) is 0. The molecular formula is C19H19FN2O2. The number of allylic oxidation sites excluding steroid dienone is 1. The topological polar surface area (TPSA) is 41.6 Å². The predicted octanol–water partition coefficient (Wildman–Crippen LogP) is 3.47. The molecule has 0 saturated carbocycles. The third-order valence-electron chi connectivity index (χ3n) is 3.86. The zero-order valence-electron chi connectivity index (χ0n) is 13.2. The molecule has 2 aromatic rings. The molecule has 124 valence electrons. The first kappa shape index (κ1) is 16.2. The maximum absolute atomic E-state index is 12.8. The highest BCUT2D eigenvalue weighted by Gasteiger charge is 2.10. The van der Waals surface area contributed by atoms with E-state index in [-0.39, 0.29) is 11.6 Å². The third kappa shape index (κ3) is 4.20. The lowest BCUT2D eigenvalue weighted by molar-refractivity contribution is 0.104. The number of ketones is 1. The molecule has 1 aliphatic heterocycles. The Hall–Kier alpha value is -2.66. The minimum atomic E-state index is -0.353. The number of morpholine rings is 1. The summed E-state index contributed by atoms with van der Waals surface area (Å²) >= 11 is 0. The van der Waals surface area contributed by atoms with Crippen molar-refractivity contribution in [2.45, 2.75) is 0 Å². The Morgan fingerprint density at radius 3 is 2.38 bits per heavy atom. The Labute approximate surface area is 140 Å². The van der Waals surface area contributed by atoms with Crippen LogP contribution in [0.15, 0.2) is 60.8 Å². The number of anilines is 2. The SMILES string of the molecule is O=C(/C=C/Nc1ccc(N2CCOCC2)cc1)c1ccc(F)cc1. The molecule has 2 aromatic carbocycles. The largest absolute Gasteiger partial charge is 0.378 e. The number of hydrogen-bond donors (Lipinski definition) is 1. The number of halogens is 1. The number of hydrogen-bond acceptors (Lipinski definition) is 4. The van der Waals surface area contributed by atoms with Crippen LogP contribution in [0.3, 0.4) is 0 Å². The second-order valence-electron chi connectivity index (χ2n) is 5.50. The van der Waals surface area contributed by atoms with Gasteiger partial charge >= 0.3 is 0 Å². The summed E-state index contributed by atoms with van der Waals surface area (Å²) in [5.74, 6) is -0.526. The number of rotatable bonds is 5. The van der Waals surface area contributed by atoms with Crippen molar-refractivity contribution in [3.05, 3.63) is 72.2 Å². The van der Waals surface area contributed by atoms with E-state index in [9.17, 15) is 9.18 Å². The van der Waals surface area contributed by atoms with Gasteiger partial charge in [-0.3, -0.25) is 4.79 Å². The van der Waals surface area contributed by atoms with Gasteiger partial charge in [0, 0.05) is 42.3 Å². The van der Waals surface area contributed by atoms with Gasteiger partial charge in [-0.2, -0.15) is 0 Å². The van der Waals surface area contributed by atoms with Gasteiger partial charge in [0.1, 0.15) is 5.82 Å². The van der Waals surface area contributed by atoms with Crippen molar-refractivity contribution in [1.82, 2.24) is 0 Å². The molecule has 0 aliphatic carbocycles. The summed E-state index contributed by atoms with van der Waals surface area (Å²) in [5, 5.41) is 3.07. The minimum absolute atomic E-state index is 0.174. The van der Waals surface area contributed by atoms with Gasteiger partial charge in [0.15, 0.2) is 5.78 Å². The highest BCUT2D eigenvalue weighted by molar-refractivity contribution is 6.04. The van der Waals surface area contributed by atoms with Gasteiger partial charge in [0.05, 0.1) is 13.2 Å². The summed E-state index contributed by atoms with van der Waals surface area (Å²) in [4.78, 5) is 14.2. The van der Waals surface area contributed by atoms with Crippen LogP contribution in [-0.4, -0.2) is 32.1 Å². The Kier molecular flexibility index (Phi) is 5.23. The quantitative estimate of drug-likeness (QED) is 0.675. The summed E-state index contributed by atoms with van der Waals surface area (Å²) in [6, 6.07) is 13.5. The molecule has 3 rings (SSSR count). The van der Waals surface area contributed by atoms with Gasteiger partial charge in [0.2, 0.25) is 0 Å². The Morgan fingerprint density at radius 2 is 1.71 bits per heavy atom. The molecule has 1 heterocycles. The van der Waals surface area contributed by atoms with Crippen molar-refractivity contribution in [3.8, 4) is 0 Å². The predicted molar refractivity (Wildman–Crippen MR) is 93.0 cm³/mol. The van der Waals surface area contributed by atoms with Crippen LogP contribution in [0.5, 0.6) is 0 Å². The van der Waals surface area contributed by atoms with Crippen LogP contribution in [0.25, 0.3) is 0 Å². The van der Waals surface area contributed by atoms with Crippen molar-refractivity contribution in [2.75, 3.05) is 36.5 Å². The zero-order chi connectivity index (χ0) is 16.8. The van der Waals surface area contributed by atoms with Crippen LogP contribution in [-0.2, 0) is 4.74 Å². The lowest BCUT2D eigenvalue weighted by Gasteiger charge is -2.28. The maximum Gasteiger partial charge on any atom is 0.187 e. The molecule has 24 heavy (non-hydrogen) atoms. The number of ether oxygens (including phenoxy) is 1. The van der Waals surface area contributed by atoms with Gasteiger partial charge in [0.25, 0.3) is 0 Å². The van der Waals surface area contributed by atoms with E-state index in [0.29, 0.717) is 5.56 Å². The third-order valence-corrected chi connectivity index (χ3v) is 3.86. The van der Waals surface area contributed by atoms with Crippen molar-refractivity contribution >= 4 is 17.2 Å². The van der Waals surface area contributed by atoms with E-state index in [4.69, 9.17) is 4.74 Å². The Balaban J connectivity index is 1.56. The zero-order valence-corrected chi connectivity index (χ0v) is 13.2. The van der Waals surface area contributed by atoms with E-state index >= 15 is 0 Å². The fraction of sp³-hybridized carbons (Fsp3) is 0.211. The molecule has 0 aromatic heterocycles. The standard InChI is InChI=1S/C19H19FN2O2/c20-16-3-1-15(2-4-16)19(23)9-10-21-17-5-7-18(8-6-17)22-11-13-24-14-12-22/h1-10,21H,11-14H2/b10-9+. The molecule has 5 heteroatoms. The summed E-state index contributed by atoms with van der Waals surface area (Å²) in [5.41, 5.74) is 2.52. The summed E-state index contributed by atoms with van der Waals surface area (Å²) < 4.78 is 18.2. The average Bonchev–Trinajstić information content (AvgIpc) is 2.63. The highest BCUT2D eigenvalue weighted by atomic mass is 19.1. The lowest BCUT2D eigenvalue weighted by Crippen LogP contribution is -2.36. The van der Waals surface area contributed by atoms with Crippen LogP contribution >= 0.6 is 0 Å². The van der Waals surface area contributed by atoms with E-state index in [0.717, 1.165) is 37.7 Å². The monoisotopic (exact) mass is 326 g/mol. The van der Waals surface area contributed by atoms with Crippen molar-refractivity contribution in [2.24, 2.45) is 0 Å². The molecule has 0 atom stereocenters. The number of nitrogens with zero attached hydrogens (tertiary/aromatic N) is 1. The van der Waals surface area contributed by atoms with E-state index in [1.165, 1.54) is 30.3 Å². The minimum Gasteiger partial charge on any atom is -0.378 e. The van der Waals surface area contributed by atoms with Gasteiger partial charge in [-0.1, -0.05) is 0 Å². The van der Waals surface area contributed by atoms with E-state index in [1.54, 1.807) is 6.20 Å². The maximum atomic E-state index is 12.8. The molecule has 1 N–H and O–H groups in total. The number of carbonyl (C=O) groups excluding carboxylic acids is 1. The molecule has 1 aliphatic rings. The van der Waals surface area contributed by atoms with Crippen molar-refractivity contribution in [3.63, 3.8) is 0 Å². The number of nitrogens with one attached hydrogen (secondary N) is 1. The molecule has 0 bridgehead atoms. The molecule has 4 nitrogen and oxygen atoms in total. The van der Waals surface area contributed by atoms with Crippen LogP contribution in [0.1, 0.15) is 10.4 Å². The van der Waals surface area contributed by atoms with Crippen LogP contribution in [0.2, 0.25) is 0 Å². The summed E-state index contributed by atoms with van der Waals surface area (Å²) in [6.07, 6.45) is 3.03. The molecule has 0 amide bonds. The molecule has 0 unspecified atom stereocenters. The molecule has 0 radical (unpaired) electrons. The second kappa shape index (κ2) is 7.75. The first-order valence-corrected chi connectivity index (χ1v) is 7.88. The van der Waals surface area contributed by atoms with Gasteiger partial charge < -0.3 is 15.0 Å². The summed E-state index contributed by atoms with van der Waals surface area (Å²) in [6.45, 7) is 3.32. The number of carbonyl (C=O) groups is 1. The molecule has 1 fully saturated rings. The van der Waals surface area contributed by atoms with Crippen molar-refractivity contribution in [1.29, 1.82) is 0 Å². The van der Waals surface area contributed by atoms with Crippen LogP contribution in [0, 0.1) is 5.82 Å². The van der Waals surface area contributed by atoms with Crippen LogP contribution in [0.4, 0.5) is 15.8 Å². The first-order chi connectivity index (χ1) is 11.7. The van der Waals surface area contributed by atoms with E-state index < -0.39 is 0 Å². The first-order valence-electron chi connectivity index (χ1n) is 7.88. The highest BCUT2D eigenvalue weighted by Crippen LogP contribution is 2.19. The van der Waals surface area contributed by atoms with Gasteiger partial charge in [-0.25, -0.2) is 4.39 Å². The van der Waals surface area contributed by atoms with Gasteiger partial charge in [-0.05, 0) is 48.5 Å². The Bertz CT molecular complexity index is 705. The molecular weight excluding hydrogens is 307 g/mol. The van der Waals surface area contributed by atoms with E-state index in [2.05, 4.69) is 10.2 Å². The lowest BCUT2D eigenvalue weighted by atomic mass is 10.1. The van der Waals surface area contributed by atoms with E-state index in [1.807, 2.05) is 24.3 Å².